The van der Waals surface area contributed by atoms with E-state index in [-0.39, 0.29) is 5.91 Å². The monoisotopic (exact) mass is 434 g/mol. The fraction of sp³-hybridized carbons (Fsp3) is 0.520. The Hall–Kier alpha value is -2.80. The highest BCUT2D eigenvalue weighted by molar-refractivity contribution is 5.76. The minimum absolute atomic E-state index is 0.0266. The van der Waals surface area contributed by atoms with Crippen molar-refractivity contribution in [2.24, 2.45) is 5.92 Å². The smallest absolute Gasteiger partial charge is 0.220 e. The molecule has 3 heterocycles. The zero-order valence-electron chi connectivity index (χ0n) is 19.1. The van der Waals surface area contributed by atoms with Crippen molar-refractivity contribution < 1.29 is 4.79 Å². The van der Waals surface area contributed by atoms with Crippen LogP contribution < -0.4 is 5.32 Å². The van der Waals surface area contributed by atoms with Crippen LogP contribution in [0.3, 0.4) is 0 Å². The lowest BCUT2D eigenvalue weighted by molar-refractivity contribution is -0.121. The summed E-state index contributed by atoms with van der Waals surface area (Å²) in [4.78, 5) is 18.9. The van der Waals surface area contributed by atoms with Crippen molar-refractivity contribution in [2.45, 2.75) is 58.5 Å². The molecule has 2 aromatic rings. The van der Waals surface area contributed by atoms with Crippen LogP contribution in [0.1, 0.15) is 49.8 Å². The fourth-order valence-electron chi connectivity index (χ4n) is 4.55. The van der Waals surface area contributed by atoms with Gasteiger partial charge in [-0.15, -0.1) is 10.2 Å². The number of rotatable bonds is 8. The molecule has 32 heavy (non-hydrogen) atoms. The van der Waals surface area contributed by atoms with Crippen LogP contribution in [-0.4, -0.2) is 50.2 Å². The van der Waals surface area contributed by atoms with Gasteiger partial charge >= 0.3 is 0 Å². The molecule has 1 aliphatic carbocycles. The van der Waals surface area contributed by atoms with E-state index in [1.54, 1.807) is 18.0 Å². The van der Waals surface area contributed by atoms with Crippen LogP contribution in [0.2, 0.25) is 0 Å². The molecule has 0 saturated heterocycles. The van der Waals surface area contributed by atoms with E-state index in [1.807, 2.05) is 12.1 Å². The van der Waals surface area contributed by atoms with Gasteiger partial charge in [-0.2, -0.15) is 0 Å². The third-order valence-corrected chi connectivity index (χ3v) is 6.63. The molecule has 0 spiro atoms. The normalized spacial score (nSPS) is 19.0. The van der Waals surface area contributed by atoms with Gasteiger partial charge in [-0.25, -0.2) is 0 Å². The second-order valence-corrected chi connectivity index (χ2v) is 9.03. The summed E-state index contributed by atoms with van der Waals surface area (Å²) in [6.45, 7) is 10.6. The molecular formula is C25H34N6O. The van der Waals surface area contributed by atoms with Gasteiger partial charge in [0, 0.05) is 51.4 Å². The Bertz CT molecular complexity index is 964. The molecule has 1 atom stereocenters. The number of allylic oxidation sites excluding steroid dienone is 2. The fourth-order valence-corrected chi connectivity index (χ4v) is 4.55. The third-order valence-electron chi connectivity index (χ3n) is 6.63. The highest BCUT2D eigenvalue weighted by Crippen LogP contribution is 2.28. The van der Waals surface area contributed by atoms with Crippen molar-refractivity contribution in [3.8, 4) is 0 Å². The van der Waals surface area contributed by atoms with Crippen LogP contribution in [0, 0.1) is 5.92 Å². The Balaban J connectivity index is 1.25. The molecule has 170 valence electrons. The Morgan fingerprint density at radius 1 is 1.25 bits per heavy atom. The number of aryl methyl sites for hydroxylation is 1. The Kier molecular flexibility index (Phi) is 7.47. The van der Waals surface area contributed by atoms with Gasteiger partial charge in [0.2, 0.25) is 5.91 Å². The molecule has 7 nitrogen and oxygen atoms in total. The Morgan fingerprint density at radius 2 is 2.16 bits per heavy atom. The van der Waals surface area contributed by atoms with Crippen LogP contribution >= 0.6 is 0 Å². The number of carbonyl (C=O) groups excluding carboxylic acids is 1. The Morgan fingerprint density at radius 3 is 2.91 bits per heavy atom. The number of aromatic nitrogens is 4. The van der Waals surface area contributed by atoms with E-state index in [4.69, 9.17) is 0 Å². The lowest BCUT2D eigenvalue weighted by atomic mass is 9.85. The molecule has 0 radical (unpaired) electrons. The molecule has 0 fully saturated rings. The third kappa shape index (κ3) is 5.91. The first-order chi connectivity index (χ1) is 15.6. The first-order valence-corrected chi connectivity index (χ1v) is 11.7. The summed E-state index contributed by atoms with van der Waals surface area (Å²) in [5, 5.41) is 11.8. The topological polar surface area (TPSA) is 75.9 Å². The highest BCUT2D eigenvalue weighted by Gasteiger charge is 2.21. The number of fused-ring (bicyclic) bond motifs is 1. The molecule has 1 N–H and O–H groups in total. The van der Waals surface area contributed by atoms with Crippen LogP contribution in [0.5, 0.6) is 0 Å². The molecule has 0 aromatic carbocycles. The second-order valence-electron chi connectivity index (χ2n) is 9.03. The summed E-state index contributed by atoms with van der Waals surface area (Å²) in [5.74, 6) is 2.55. The first-order valence-electron chi connectivity index (χ1n) is 11.7. The average molecular weight is 435 g/mol. The molecule has 1 aliphatic heterocycles. The van der Waals surface area contributed by atoms with Gasteiger partial charge in [-0.05, 0) is 50.2 Å². The zero-order valence-corrected chi connectivity index (χ0v) is 19.1. The molecule has 1 amide bonds. The van der Waals surface area contributed by atoms with Gasteiger partial charge in [-0.1, -0.05) is 29.9 Å². The van der Waals surface area contributed by atoms with Crippen molar-refractivity contribution in [1.82, 2.24) is 30.0 Å². The van der Waals surface area contributed by atoms with E-state index in [1.165, 1.54) is 18.4 Å². The molecule has 7 heteroatoms. The van der Waals surface area contributed by atoms with E-state index in [0.29, 0.717) is 25.3 Å². The van der Waals surface area contributed by atoms with Gasteiger partial charge in [0.15, 0.2) is 5.82 Å². The lowest BCUT2D eigenvalue weighted by Crippen LogP contribution is -2.30. The van der Waals surface area contributed by atoms with E-state index >= 15 is 0 Å². The van der Waals surface area contributed by atoms with Gasteiger partial charge in [0.1, 0.15) is 5.82 Å². The van der Waals surface area contributed by atoms with Gasteiger partial charge in [0.05, 0.1) is 6.54 Å². The van der Waals surface area contributed by atoms with Crippen LogP contribution in [0.25, 0.3) is 0 Å². The predicted octanol–water partition coefficient (Wildman–Crippen LogP) is 3.08. The number of nitrogens with one attached hydrogen (secondary N) is 1. The first kappa shape index (κ1) is 22.4. The average Bonchev–Trinajstić information content (AvgIpc) is 3.09. The second kappa shape index (κ2) is 10.7. The summed E-state index contributed by atoms with van der Waals surface area (Å²) in [6, 6.07) is 3.89. The zero-order chi connectivity index (χ0) is 22.3. The molecule has 2 aliphatic rings. The number of pyridine rings is 1. The van der Waals surface area contributed by atoms with Crippen LogP contribution in [0.15, 0.2) is 48.3 Å². The largest absolute Gasteiger partial charge is 0.349 e. The van der Waals surface area contributed by atoms with Crippen molar-refractivity contribution in [3.05, 3.63) is 65.5 Å². The standard InChI is InChI=1S/C25H34N6O/c1-19(2)22-8-5-21(6-9-22)18-30-13-11-23-28-29-24(31(23)15-14-30)17-27-25(32)10-7-20-4-3-12-26-16-20/h3-5,12,16,22H,1,6-11,13-15,17-18H2,2H3,(H,27,32). The molecule has 4 rings (SSSR count). The van der Waals surface area contributed by atoms with E-state index < -0.39 is 0 Å². The maximum atomic E-state index is 12.3. The molecule has 0 bridgehead atoms. The van der Waals surface area contributed by atoms with E-state index in [9.17, 15) is 4.79 Å². The summed E-state index contributed by atoms with van der Waals surface area (Å²) >= 11 is 0. The lowest BCUT2D eigenvalue weighted by Gasteiger charge is -2.26. The molecule has 2 aromatic heterocycles. The van der Waals surface area contributed by atoms with Crippen LogP contribution in [-0.2, 0) is 30.7 Å². The SMILES string of the molecule is C=C(C)C1CC=C(CN2CCc3nnc(CNC(=O)CCc4cccnc4)n3CC2)CC1. The van der Waals surface area contributed by atoms with Gasteiger partial charge in [-0.3, -0.25) is 14.7 Å². The minimum Gasteiger partial charge on any atom is -0.349 e. The molecule has 0 saturated carbocycles. The van der Waals surface area contributed by atoms with E-state index in [2.05, 4.69) is 49.5 Å². The van der Waals surface area contributed by atoms with E-state index in [0.717, 1.165) is 56.2 Å². The van der Waals surface area contributed by atoms with Gasteiger partial charge in [0.25, 0.3) is 0 Å². The number of hydrogen-bond donors (Lipinski definition) is 1. The number of carbonyl (C=O) groups is 1. The quantitative estimate of drug-likeness (QED) is 0.646. The van der Waals surface area contributed by atoms with Crippen molar-refractivity contribution in [2.75, 3.05) is 19.6 Å². The molecule has 1 unspecified atom stereocenters. The van der Waals surface area contributed by atoms with Crippen LogP contribution in [0.4, 0.5) is 0 Å². The van der Waals surface area contributed by atoms with Crippen molar-refractivity contribution >= 4 is 5.91 Å². The highest BCUT2D eigenvalue weighted by atomic mass is 16.1. The summed E-state index contributed by atoms with van der Waals surface area (Å²) < 4.78 is 2.19. The maximum Gasteiger partial charge on any atom is 0.220 e. The number of hydrogen-bond acceptors (Lipinski definition) is 5. The summed E-state index contributed by atoms with van der Waals surface area (Å²) in [7, 11) is 0. The van der Waals surface area contributed by atoms with Crippen molar-refractivity contribution in [1.29, 1.82) is 0 Å². The molecular weight excluding hydrogens is 400 g/mol. The predicted molar refractivity (Wildman–Crippen MR) is 125 cm³/mol. The number of amides is 1. The van der Waals surface area contributed by atoms with Gasteiger partial charge < -0.3 is 9.88 Å². The summed E-state index contributed by atoms with van der Waals surface area (Å²) in [6.07, 6.45) is 11.5. The Labute approximate surface area is 190 Å². The minimum atomic E-state index is 0.0266. The summed E-state index contributed by atoms with van der Waals surface area (Å²) in [5.41, 5.74) is 3.94. The van der Waals surface area contributed by atoms with Crippen molar-refractivity contribution in [3.63, 3.8) is 0 Å². The number of nitrogens with zero attached hydrogens (tertiary/aromatic N) is 5. The maximum absolute atomic E-state index is 12.3.